The van der Waals surface area contributed by atoms with E-state index < -0.39 is 0 Å². The Balaban J connectivity index is 1.32. The average molecular weight is 711 g/mol. The first-order chi connectivity index (χ1) is 26.7. The predicted octanol–water partition coefficient (Wildman–Crippen LogP) is 12.5. The van der Waals surface area contributed by atoms with Gasteiger partial charge in [-0.15, -0.1) is 0 Å². The van der Waals surface area contributed by atoms with Crippen LogP contribution >= 0.6 is 0 Å². The highest BCUT2D eigenvalue weighted by Gasteiger charge is 2.46. The molecular weight excluding hydrogens is 663 g/mol. The lowest BCUT2D eigenvalue weighted by Gasteiger charge is -2.43. The summed E-state index contributed by atoms with van der Waals surface area (Å²) in [5.41, 5.74) is 20.3. The first kappa shape index (κ1) is 32.9. The van der Waals surface area contributed by atoms with E-state index in [1.54, 1.807) is 0 Å². The normalized spacial score (nSPS) is 14.7. The zero-order valence-corrected chi connectivity index (χ0v) is 32.9. The van der Waals surface area contributed by atoms with Gasteiger partial charge in [-0.3, -0.25) is 0 Å². The summed E-state index contributed by atoms with van der Waals surface area (Å²) in [5.74, 6) is 0. The number of para-hydroxylation sites is 1. The number of fused-ring (bicyclic) bond motifs is 14. The summed E-state index contributed by atoms with van der Waals surface area (Å²) in [4.78, 5) is 2.72. The average Bonchev–Trinajstić information content (AvgIpc) is 3.66. The fourth-order valence-electron chi connectivity index (χ4n) is 10.6. The molecular formula is C52H47BN2. The summed E-state index contributed by atoms with van der Waals surface area (Å²) in [6.07, 6.45) is 4.80. The predicted molar refractivity (Wildman–Crippen MR) is 237 cm³/mol. The number of nitrogens with zero attached hydrogens (tertiary/aromatic N) is 2. The standard InChI is InChI=1S/C52H47BN2/c1-7-8-9-16-32-23-28-45-43(29-32)53-49-47(36-18-10-11-19-37(36)48-38-20-13-15-22-44(38)54(45)50(48)49)40-30-42-39(35-17-12-14-21-41(35)52(42,5)6)31-46(40)55(53)34-26-24-33(25-27-34)51(2,3)4/h10-15,17-31H,7-9,16H2,1-6H3. The van der Waals surface area contributed by atoms with Gasteiger partial charge in [-0.1, -0.05) is 145 Å². The molecule has 7 aromatic carbocycles. The molecule has 2 nitrogen and oxygen atoms in total. The molecule has 268 valence electrons. The molecule has 0 radical (unpaired) electrons. The van der Waals surface area contributed by atoms with Crippen LogP contribution in [0.3, 0.4) is 0 Å². The summed E-state index contributed by atoms with van der Waals surface area (Å²) in [6.45, 7) is 14.1. The molecule has 3 aliphatic rings. The van der Waals surface area contributed by atoms with Crippen molar-refractivity contribution in [1.29, 1.82) is 0 Å². The highest BCUT2D eigenvalue weighted by Crippen LogP contribution is 2.55. The monoisotopic (exact) mass is 710 g/mol. The molecule has 1 aromatic heterocycles. The smallest absolute Gasteiger partial charge is 0.333 e. The maximum Gasteiger partial charge on any atom is 0.333 e. The van der Waals surface area contributed by atoms with E-state index in [-0.39, 0.29) is 17.7 Å². The Morgan fingerprint density at radius 1 is 0.636 bits per heavy atom. The van der Waals surface area contributed by atoms with Gasteiger partial charge in [0, 0.05) is 38.8 Å². The van der Waals surface area contributed by atoms with Gasteiger partial charge < -0.3 is 9.38 Å². The number of aromatic nitrogens is 1. The van der Waals surface area contributed by atoms with Crippen LogP contribution in [0, 0.1) is 0 Å². The molecule has 0 unspecified atom stereocenters. The lowest BCUT2D eigenvalue weighted by atomic mass is 9.43. The molecule has 3 heterocycles. The molecule has 8 aromatic rings. The van der Waals surface area contributed by atoms with Crippen LogP contribution < -0.4 is 15.7 Å². The molecule has 1 aliphatic carbocycles. The van der Waals surface area contributed by atoms with Gasteiger partial charge in [0.05, 0.1) is 11.0 Å². The van der Waals surface area contributed by atoms with E-state index in [1.165, 1.54) is 124 Å². The van der Waals surface area contributed by atoms with Gasteiger partial charge >= 0.3 is 6.85 Å². The zero-order valence-electron chi connectivity index (χ0n) is 32.9. The van der Waals surface area contributed by atoms with Crippen LogP contribution in [0.4, 0.5) is 11.4 Å². The minimum absolute atomic E-state index is 0.00395. The van der Waals surface area contributed by atoms with Gasteiger partial charge in [0.15, 0.2) is 0 Å². The molecule has 0 atom stereocenters. The number of anilines is 2. The minimum Gasteiger partial charge on any atom is -0.376 e. The molecule has 2 aliphatic heterocycles. The summed E-state index contributed by atoms with van der Waals surface area (Å²) in [6, 6.07) is 49.6. The van der Waals surface area contributed by atoms with Crippen molar-refractivity contribution in [2.24, 2.45) is 0 Å². The number of benzene rings is 7. The Labute approximate surface area is 325 Å². The van der Waals surface area contributed by atoms with Gasteiger partial charge in [0.1, 0.15) is 0 Å². The van der Waals surface area contributed by atoms with E-state index in [0.29, 0.717) is 0 Å². The molecule has 55 heavy (non-hydrogen) atoms. The van der Waals surface area contributed by atoms with E-state index in [1.807, 2.05) is 0 Å². The van der Waals surface area contributed by atoms with E-state index >= 15 is 0 Å². The van der Waals surface area contributed by atoms with Crippen molar-refractivity contribution < 1.29 is 0 Å². The van der Waals surface area contributed by atoms with Crippen LogP contribution in [0.25, 0.3) is 60.5 Å². The third kappa shape index (κ3) is 4.44. The molecule has 0 fully saturated rings. The second kappa shape index (κ2) is 11.5. The number of rotatable bonds is 5. The third-order valence-electron chi connectivity index (χ3n) is 13.3. The second-order valence-electron chi connectivity index (χ2n) is 17.9. The Morgan fingerprint density at radius 3 is 2.15 bits per heavy atom. The lowest BCUT2D eigenvalue weighted by Crippen LogP contribution is -2.60. The summed E-state index contributed by atoms with van der Waals surface area (Å²) >= 11 is 0. The van der Waals surface area contributed by atoms with Crippen molar-refractivity contribution in [3.05, 3.63) is 150 Å². The maximum atomic E-state index is 2.72. The minimum atomic E-state index is -0.108. The van der Waals surface area contributed by atoms with Crippen LogP contribution in [-0.4, -0.2) is 11.4 Å². The molecule has 0 saturated carbocycles. The summed E-state index contributed by atoms with van der Waals surface area (Å²) in [7, 11) is 0. The summed E-state index contributed by atoms with van der Waals surface area (Å²) in [5, 5.41) is 5.37. The van der Waals surface area contributed by atoms with Crippen LogP contribution in [-0.2, 0) is 17.3 Å². The van der Waals surface area contributed by atoms with E-state index in [2.05, 4.69) is 178 Å². The Hall–Kier alpha value is -5.54. The van der Waals surface area contributed by atoms with Crippen molar-refractivity contribution in [3.8, 4) is 27.9 Å². The van der Waals surface area contributed by atoms with Gasteiger partial charge in [-0.05, 0) is 115 Å². The van der Waals surface area contributed by atoms with Crippen molar-refractivity contribution in [2.75, 3.05) is 4.81 Å². The molecule has 11 rings (SSSR count). The van der Waals surface area contributed by atoms with Gasteiger partial charge in [-0.25, -0.2) is 0 Å². The maximum absolute atomic E-state index is 2.72. The third-order valence-corrected chi connectivity index (χ3v) is 13.3. The zero-order chi connectivity index (χ0) is 37.4. The number of hydrogen-bond acceptors (Lipinski definition) is 1. The molecule has 0 bridgehead atoms. The Kier molecular flexibility index (Phi) is 6.87. The highest BCUT2D eigenvalue weighted by atomic mass is 15.1. The topological polar surface area (TPSA) is 8.17 Å². The van der Waals surface area contributed by atoms with E-state index in [4.69, 9.17) is 0 Å². The molecule has 0 spiro atoms. The van der Waals surface area contributed by atoms with Gasteiger partial charge in [-0.2, -0.15) is 0 Å². The summed E-state index contributed by atoms with van der Waals surface area (Å²) < 4.78 is 2.62. The van der Waals surface area contributed by atoms with Crippen LogP contribution in [0.1, 0.15) is 83.1 Å². The van der Waals surface area contributed by atoms with Crippen molar-refractivity contribution in [3.63, 3.8) is 0 Å². The molecule has 3 heteroatoms. The SMILES string of the molecule is CCCCCc1ccc2c(c1)B1c3c(c4ccccc4c4c5ccccc5n-2c34)-c2cc3c(cc2N1c1ccc(C(C)(C)C)cc1)-c1ccccc1C3(C)C. The largest absolute Gasteiger partial charge is 0.376 e. The number of aryl methyl sites for hydroxylation is 1. The highest BCUT2D eigenvalue weighted by molar-refractivity contribution is 6.94. The number of unbranched alkanes of at least 4 members (excludes halogenated alkanes) is 2. The fraction of sp³-hybridized carbons (Fsp3) is 0.231. The Morgan fingerprint density at radius 2 is 1.36 bits per heavy atom. The first-order valence-corrected chi connectivity index (χ1v) is 20.5. The molecule has 0 amide bonds. The Bertz CT molecular complexity index is 2900. The number of hydrogen-bond donors (Lipinski definition) is 0. The van der Waals surface area contributed by atoms with Crippen LogP contribution in [0.2, 0.25) is 0 Å². The second-order valence-corrected chi connectivity index (χ2v) is 17.9. The van der Waals surface area contributed by atoms with Gasteiger partial charge in [0.2, 0.25) is 0 Å². The van der Waals surface area contributed by atoms with Gasteiger partial charge in [0.25, 0.3) is 0 Å². The van der Waals surface area contributed by atoms with Crippen molar-refractivity contribution >= 4 is 61.7 Å². The molecule has 0 saturated heterocycles. The van der Waals surface area contributed by atoms with Crippen molar-refractivity contribution in [1.82, 2.24) is 4.57 Å². The van der Waals surface area contributed by atoms with Crippen molar-refractivity contribution in [2.45, 2.75) is 78.1 Å². The lowest BCUT2D eigenvalue weighted by molar-refractivity contribution is 0.590. The molecule has 0 N–H and O–H groups in total. The van der Waals surface area contributed by atoms with Crippen LogP contribution in [0.5, 0.6) is 0 Å². The van der Waals surface area contributed by atoms with E-state index in [0.717, 1.165) is 6.42 Å². The quantitative estimate of drug-likeness (QED) is 0.128. The first-order valence-electron chi connectivity index (χ1n) is 20.5. The van der Waals surface area contributed by atoms with E-state index in [9.17, 15) is 0 Å². The fourth-order valence-corrected chi connectivity index (χ4v) is 10.6. The van der Waals surface area contributed by atoms with Crippen LogP contribution in [0.15, 0.2) is 127 Å².